The Morgan fingerprint density at radius 2 is 2.00 bits per heavy atom. The van der Waals surface area contributed by atoms with Crippen LogP contribution < -0.4 is 4.74 Å². The molecule has 0 aliphatic carbocycles. The third kappa shape index (κ3) is 3.21. The fourth-order valence-electron chi connectivity index (χ4n) is 3.04. The second-order valence-electron chi connectivity index (χ2n) is 6.87. The fourth-order valence-corrected chi connectivity index (χ4v) is 3.04. The first-order chi connectivity index (χ1) is 9.74. The van der Waals surface area contributed by atoms with E-state index in [2.05, 4.69) is 25.7 Å². The number of likely N-dealkylation sites (tertiary alicyclic amines) is 1. The maximum atomic E-state index is 11.7. The maximum absolute atomic E-state index is 11.7. The molecule has 0 amide bonds. The number of carbonyl (C=O) groups is 1. The summed E-state index contributed by atoms with van der Waals surface area (Å²) in [6.45, 7) is 9.72. The minimum Gasteiger partial charge on any atom is -0.496 e. The quantitative estimate of drug-likeness (QED) is 0.930. The van der Waals surface area contributed by atoms with Crippen LogP contribution >= 0.6 is 0 Å². The smallest absolute Gasteiger partial charge is 0.308 e. The predicted molar refractivity (Wildman–Crippen MR) is 82.9 cm³/mol. The summed E-state index contributed by atoms with van der Waals surface area (Å²) in [5.74, 6) is -0.352. The first-order valence-corrected chi connectivity index (χ1v) is 7.36. The Balaban J connectivity index is 2.39. The number of methoxy groups -OCH3 is 1. The van der Waals surface area contributed by atoms with Gasteiger partial charge in [-0.25, -0.2) is 0 Å². The molecular formula is C17H25NO3. The van der Waals surface area contributed by atoms with Crippen molar-refractivity contribution in [3.8, 4) is 5.75 Å². The molecule has 1 aromatic rings. The molecule has 4 heteroatoms. The van der Waals surface area contributed by atoms with Crippen molar-refractivity contribution in [1.82, 2.24) is 4.90 Å². The lowest BCUT2D eigenvalue weighted by Gasteiger charge is -2.31. The van der Waals surface area contributed by atoms with E-state index in [0.717, 1.165) is 23.4 Å². The average molecular weight is 291 g/mol. The van der Waals surface area contributed by atoms with Crippen molar-refractivity contribution in [3.05, 3.63) is 29.3 Å². The highest BCUT2D eigenvalue weighted by Gasteiger charge is 2.43. The molecule has 116 valence electrons. The normalized spacial score (nSPS) is 23.3. The van der Waals surface area contributed by atoms with Crippen LogP contribution in [-0.2, 0) is 4.79 Å². The van der Waals surface area contributed by atoms with Crippen LogP contribution in [0.1, 0.15) is 37.8 Å². The molecule has 1 aliphatic heterocycles. The summed E-state index contributed by atoms with van der Waals surface area (Å²) in [4.78, 5) is 13.9. The van der Waals surface area contributed by atoms with E-state index in [0.29, 0.717) is 6.54 Å². The molecule has 0 bridgehead atoms. The third-order valence-electron chi connectivity index (χ3n) is 4.37. The van der Waals surface area contributed by atoms with Gasteiger partial charge in [0.15, 0.2) is 0 Å². The maximum Gasteiger partial charge on any atom is 0.308 e. The molecular weight excluding hydrogens is 266 g/mol. The third-order valence-corrected chi connectivity index (χ3v) is 4.37. The largest absolute Gasteiger partial charge is 0.496 e. The number of benzene rings is 1. The minimum absolute atomic E-state index is 0.0274. The summed E-state index contributed by atoms with van der Waals surface area (Å²) < 4.78 is 5.48. The summed E-state index contributed by atoms with van der Waals surface area (Å²) in [6.07, 6.45) is 0. The summed E-state index contributed by atoms with van der Waals surface area (Å²) in [5.41, 5.74) is 2.09. The van der Waals surface area contributed by atoms with Crippen LogP contribution in [0.3, 0.4) is 0 Å². The Morgan fingerprint density at radius 3 is 2.52 bits per heavy atom. The molecule has 0 radical (unpaired) electrons. The highest BCUT2D eigenvalue weighted by atomic mass is 16.5. The highest BCUT2D eigenvalue weighted by Crippen LogP contribution is 2.40. The second kappa shape index (κ2) is 5.68. The summed E-state index contributed by atoms with van der Waals surface area (Å²) in [6, 6.07) is 6.02. The number of carboxylic acids is 1. The van der Waals surface area contributed by atoms with Crippen LogP contribution in [0, 0.1) is 12.8 Å². The number of rotatable bonds is 3. The lowest BCUT2D eigenvalue weighted by atomic mass is 9.88. The summed E-state index contributed by atoms with van der Waals surface area (Å²) in [7, 11) is 1.64. The van der Waals surface area contributed by atoms with E-state index in [1.807, 2.05) is 25.1 Å². The topological polar surface area (TPSA) is 49.8 Å². The van der Waals surface area contributed by atoms with E-state index in [9.17, 15) is 9.90 Å². The Labute approximate surface area is 126 Å². The van der Waals surface area contributed by atoms with Crippen LogP contribution in [0.5, 0.6) is 5.75 Å². The van der Waals surface area contributed by atoms with Crippen LogP contribution in [0.15, 0.2) is 18.2 Å². The van der Waals surface area contributed by atoms with Crippen molar-refractivity contribution in [2.24, 2.45) is 5.92 Å². The van der Waals surface area contributed by atoms with Gasteiger partial charge >= 0.3 is 5.97 Å². The molecule has 0 saturated carbocycles. The Morgan fingerprint density at radius 1 is 1.33 bits per heavy atom. The first kappa shape index (κ1) is 15.8. The van der Waals surface area contributed by atoms with Crippen molar-refractivity contribution in [1.29, 1.82) is 0 Å². The van der Waals surface area contributed by atoms with Crippen LogP contribution in [-0.4, -0.2) is 41.7 Å². The molecule has 1 aromatic carbocycles. The van der Waals surface area contributed by atoms with E-state index < -0.39 is 5.97 Å². The fraction of sp³-hybridized carbons (Fsp3) is 0.588. The van der Waals surface area contributed by atoms with Crippen molar-refractivity contribution >= 4 is 5.97 Å². The van der Waals surface area contributed by atoms with Crippen LogP contribution in [0.25, 0.3) is 0 Å². The van der Waals surface area contributed by atoms with Gasteiger partial charge in [-0.15, -0.1) is 0 Å². The van der Waals surface area contributed by atoms with Gasteiger partial charge in [0.1, 0.15) is 5.75 Å². The van der Waals surface area contributed by atoms with Gasteiger partial charge in [-0.2, -0.15) is 0 Å². The van der Waals surface area contributed by atoms with Gasteiger partial charge in [-0.1, -0.05) is 12.1 Å². The van der Waals surface area contributed by atoms with E-state index in [1.165, 1.54) is 0 Å². The van der Waals surface area contributed by atoms with Gasteiger partial charge in [0.25, 0.3) is 0 Å². The van der Waals surface area contributed by atoms with Gasteiger partial charge in [-0.3, -0.25) is 9.69 Å². The van der Waals surface area contributed by atoms with E-state index in [1.54, 1.807) is 7.11 Å². The Bertz CT molecular complexity index is 533. The standard InChI is InChI=1S/C17H25NO3/c1-11-6-7-12(15(8-11)21-5)13-9-18(17(2,3)4)10-14(13)16(19)20/h6-8,13-14H,9-10H2,1-5H3,(H,19,20)/t13-,14+/m1/s1. The molecule has 2 rings (SSSR count). The lowest BCUT2D eigenvalue weighted by molar-refractivity contribution is -0.141. The number of hydrogen-bond donors (Lipinski definition) is 1. The number of aryl methyl sites for hydroxylation is 1. The SMILES string of the molecule is COc1cc(C)ccc1[C@H]1CN(C(C)(C)C)C[C@@H]1C(=O)O. The summed E-state index contributed by atoms with van der Waals surface area (Å²) >= 11 is 0. The number of ether oxygens (including phenoxy) is 1. The average Bonchev–Trinajstić information content (AvgIpc) is 2.83. The van der Waals surface area contributed by atoms with Crippen molar-refractivity contribution in [3.63, 3.8) is 0 Å². The molecule has 1 saturated heterocycles. The molecule has 1 N–H and O–H groups in total. The van der Waals surface area contributed by atoms with Crippen molar-refractivity contribution in [2.75, 3.05) is 20.2 Å². The van der Waals surface area contributed by atoms with Crippen molar-refractivity contribution < 1.29 is 14.6 Å². The number of hydrogen-bond acceptors (Lipinski definition) is 3. The van der Waals surface area contributed by atoms with Gasteiger partial charge in [0, 0.05) is 24.5 Å². The number of carboxylic acid groups (broad SMARTS) is 1. The number of nitrogens with zero attached hydrogens (tertiary/aromatic N) is 1. The molecule has 2 atom stereocenters. The van der Waals surface area contributed by atoms with E-state index >= 15 is 0 Å². The van der Waals surface area contributed by atoms with Crippen LogP contribution in [0.2, 0.25) is 0 Å². The zero-order valence-corrected chi connectivity index (χ0v) is 13.5. The highest BCUT2D eigenvalue weighted by molar-refractivity contribution is 5.72. The molecule has 21 heavy (non-hydrogen) atoms. The molecule has 1 heterocycles. The molecule has 0 spiro atoms. The molecule has 1 fully saturated rings. The van der Waals surface area contributed by atoms with E-state index in [4.69, 9.17) is 4.74 Å². The monoisotopic (exact) mass is 291 g/mol. The van der Waals surface area contributed by atoms with Crippen LogP contribution in [0.4, 0.5) is 0 Å². The van der Waals surface area contributed by atoms with Gasteiger partial charge in [0.2, 0.25) is 0 Å². The van der Waals surface area contributed by atoms with Gasteiger partial charge in [0.05, 0.1) is 13.0 Å². The van der Waals surface area contributed by atoms with Gasteiger partial charge in [-0.05, 0) is 44.9 Å². The van der Waals surface area contributed by atoms with Gasteiger partial charge < -0.3 is 9.84 Å². The lowest BCUT2D eigenvalue weighted by Crippen LogP contribution is -2.40. The molecule has 4 nitrogen and oxygen atoms in total. The molecule has 0 unspecified atom stereocenters. The second-order valence-corrected chi connectivity index (χ2v) is 6.87. The Kier molecular flexibility index (Phi) is 4.28. The zero-order valence-electron chi connectivity index (χ0n) is 13.5. The predicted octanol–water partition coefficient (Wildman–Crippen LogP) is 2.90. The summed E-state index contributed by atoms with van der Waals surface area (Å²) in [5, 5.41) is 9.58. The minimum atomic E-state index is -0.727. The first-order valence-electron chi connectivity index (χ1n) is 7.36. The molecule has 0 aromatic heterocycles. The number of aliphatic carboxylic acids is 1. The van der Waals surface area contributed by atoms with Crippen molar-refractivity contribution in [2.45, 2.75) is 39.2 Å². The molecule has 1 aliphatic rings. The Hall–Kier alpha value is -1.55. The van der Waals surface area contributed by atoms with E-state index in [-0.39, 0.29) is 17.4 Å². The zero-order chi connectivity index (χ0) is 15.8.